The van der Waals surface area contributed by atoms with E-state index in [1.165, 1.54) is 0 Å². The van der Waals surface area contributed by atoms with Crippen LogP contribution in [0.5, 0.6) is 5.75 Å². The number of para-hydroxylation sites is 1. The summed E-state index contributed by atoms with van der Waals surface area (Å²) in [5.74, 6) is 0.900. The Morgan fingerprint density at radius 3 is 2.59 bits per heavy atom. The summed E-state index contributed by atoms with van der Waals surface area (Å²) in [6.07, 6.45) is 2.53. The second-order valence-corrected chi connectivity index (χ2v) is 4.00. The molecule has 0 amide bonds. The van der Waals surface area contributed by atoms with Crippen molar-refractivity contribution in [1.82, 2.24) is 5.32 Å². The summed E-state index contributed by atoms with van der Waals surface area (Å²) in [6, 6.07) is 9.83. The van der Waals surface area contributed by atoms with Gasteiger partial charge < -0.3 is 14.8 Å². The second kappa shape index (κ2) is 9.02. The van der Waals surface area contributed by atoms with E-state index in [0.29, 0.717) is 19.3 Å². The lowest BCUT2D eigenvalue weighted by molar-refractivity contribution is 0.0299. The molecule has 0 aliphatic heterocycles. The van der Waals surface area contributed by atoms with Crippen LogP contribution < -0.4 is 10.1 Å². The zero-order valence-electron chi connectivity index (χ0n) is 10.8. The smallest absolute Gasteiger partial charge is 0.119 e. The van der Waals surface area contributed by atoms with Crippen molar-refractivity contribution in [2.45, 2.75) is 25.9 Å². The third kappa shape index (κ3) is 6.29. The highest BCUT2D eigenvalue weighted by molar-refractivity contribution is 5.20. The molecule has 3 nitrogen and oxygen atoms in total. The molecule has 1 rings (SSSR count). The summed E-state index contributed by atoms with van der Waals surface area (Å²) in [6.45, 7) is 4.32. The molecule has 0 bridgehead atoms. The van der Waals surface area contributed by atoms with Crippen molar-refractivity contribution >= 4 is 0 Å². The SMILES string of the molecule is CCCC(CNC)OCCOc1ccccc1. The molecule has 0 aliphatic rings. The summed E-state index contributed by atoms with van der Waals surface area (Å²) in [5.41, 5.74) is 0. The number of hydrogen-bond donors (Lipinski definition) is 1. The summed E-state index contributed by atoms with van der Waals surface area (Å²) < 4.78 is 11.3. The van der Waals surface area contributed by atoms with Gasteiger partial charge >= 0.3 is 0 Å². The van der Waals surface area contributed by atoms with Crippen LogP contribution in [0, 0.1) is 0 Å². The standard InChI is InChI=1S/C14H23NO2/c1-3-7-14(12-15-2)17-11-10-16-13-8-5-4-6-9-13/h4-6,8-9,14-15H,3,7,10-12H2,1-2H3. The Labute approximate surface area is 104 Å². The molecule has 17 heavy (non-hydrogen) atoms. The molecule has 1 unspecified atom stereocenters. The van der Waals surface area contributed by atoms with Crippen molar-refractivity contribution in [3.05, 3.63) is 30.3 Å². The molecule has 0 radical (unpaired) electrons. The van der Waals surface area contributed by atoms with Crippen LogP contribution >= 0.6 is 0 Å². The fourth-order valence-electron chi connectivity index (χ4n) is 1.68. The molecule has 1 N–H and O–H groups in total. The number of nitrogens with one attached hydrogen (secondary N) is 1. The summed E-state index contributed by atoms with van der Waals surface area (Å²) in [4.78, 5) is 0. The minimum Gasteiger partial charge on any atom is -0.491 e. The quantitative estimate of drug-likeness (QED) is 0.669. The van der Waals surface area contributed by atoms with Crippen molar-refractivity contribution in [1.29, 1.82) is 0 Å². The van der Waals surface area contributed by atoms with Crippen LogP contribution in [0.2, 0.25) is 0 Å². The van der Waals surface area contributed by atoms with Gasteiger partial charge in [0.2, 0.25) is 0 Å². The lowest BCUT2D eigenvalue weighted by Crippen LogP contribution is -2.28. The molecule has 0 saturated carbocycles. The van der Waals surface area contributed by atoms with E-state index in [1.807, 2.05) is 37.4 Å². The van der Waals surface area contributed by atoms with Crippen LogP contribution in [0.15, 0.2) is 30.3 Å². The Kier molecular flexibility index (Phi) is 7.43. The first kappa shape index (κ1) is 14.0. The van der Waals surface area contributed by atoms with E-state index in [-0.39, 0.29) is 0 Å². The maximum Gasteiger partial charge on any atom is 0.119 e. The van der Waals surface area contributed by atoms with Crippen molar-refractivity contribution in [2.24, 2.45) is 0 Å². The van der Waals surface area contributed by atoms with Gasteiger partial charge in [-0.15, -0.1) is 0 Å². The lowest BCUT2D eigenvalue weighted by atomic mass is 10.2. The van der Waals surface area contributed by atoms with E-state index in [4.69, 9.17) is 9.47 Å². The zero-order valence-corrected chi connectivity index (χ0v) is 10.8. The Balaban J connectivity index is 2.13. The van der Waals surface area contributed by atoms with Gasteiger partial charge in [0.1, 0.15) is 12.4 Å². The van der Waals surface area contributed by atoms with E-state index in [2.05, 4.69) is 12.2 Å². The van der Waals surface area contributed by atoms with Crippen molar-refractivity contribution in [3.8, 4) is 5.75 Å². The van der Waals surface area contributed by atoms with Gasteiger partial charge in [-0.2, -0.15) is 0 Å². The van der Waals surface area contributed by atoms with Crippen LogP contribution in [0.4, 0.5) is 0 Å². The number of rotatable bonds is 9. The molecule has 1 atom stereocenters. The molecule has 0 fully saturated rings. The van der Waals surface area contributed by atoms with Gasteiger partial charge in [-0.25, -0.2) is 0 Å². The van der Waals surface area contributed by atoms with Gasteiger partial charge in [0.15, 0.2) is 0 Å². The van der Waals surface area contributed by atoms with E-state index >= 15 is 0 Å². The van der Waals surface area contributed by atoms with Crippen LogP contribution in [-0.2, 0) is 4.74 Å². The van der Waals surface area contributed by atoms with Gasteiger partial charge in [-0.1, -0.05) is 31.5 Å². The maximum absolute atomic E-state index is 5.76. The number of benzene rings is 1. The highest BCUT2D eigenvalue weighted by Crippen LogP contribution is 2.08. The Bertz CT molecular complexity index is 271. The fourth-order valence-corrected chi connectivity index (χ4v) is 1.68. The minimum atomic E-state index is 0.296. The minimum absolute atomic E-state index is 0.296. The first-order valence-electron chi connectivity index (χ1n) is 6.31. The van der Waals surface area contributed by atoms with Crippen molar-refractivity contribution < 1.29 is 9.47 Å². The van der Waals surface area contributed by atoms with Crippen molar-refractivity contribution in [2.75, 3.05) is 26.8 Å². The summed E-state index contributed by atoms with van der Waals surface area (Å²) in [5, 5.41) is 3.15. The molecule has 96 valence electrons. The number of likely N-dealkylation sites (N-methyl/N-ethyl adjacent to an activating group) is 1. The van der Waals surface area contributed by atoms with Gasteiger partial charge in [-0.3, -0.25) is 0 Å². The van der Waals surface area contributed by atoms with E-state index < -0.39 is 0 Å². The third-order valence-electron chi connectivity index (χ3n) is 2.49. The van der Waals surface area contributed by atoms with Crippen LogP contribution in [0.1, 0.15) is 19.8 Å². The van der Waals surface area contributed by atoms with Crippen LogP contribution in [0.25, 0.3) is 0 Å². The van der Waals surface area contributed by atoms with Crippen LogP contribution in [0.3, 0.4) is 0 Å². The van der Waals surface area contributed by atoms with Gasteiger partial charge in [0, 0.05) is 6.54 Å². The van der Waals surface area contributed by atoms with Gasteiger partial charge in [0.25, 0.3) is 0 Å². The fraction of sp³-hybridized carbons (Fsp3) is 0.571. The molecule has 1 aromatic rings. The molecule has 3 heteroatoms. The highest BCUT2D eigenvalue weighted by atomic mass is 16.5. The normalized spacial score (nSPS) is 12.4. The molecule has 0 aliphatic carbocycles. The molecular weight excluding hydrogens is 214 g/mol. The summed E-state index contributed by atoms with van der Waals surface area (Å²) >= 11 is 0. The average molecular weight is 237 g/mol. The predicted molar refractivity (Wildman–Crippen MR) is 70.5 cm³/mol. The largest absolute Gasteiger partial charge is 0.491 e. The molecule has 0 spiro atoms. The van der Waals surface area contributed by atoms with Gasteiger partial charge in [0.05, 0.1) is 12.7 Å². The van der Waals surface area contributed by atoms with E-state index in [0.717, 1.165) is 25.1 Å². The molecule has 0 saturated heterocycles. The molecule has 0 aromatic heterocycles. The molecule has 1 aromatic carbocycles. The van der Waals surface area contributed by atoms with E-state index in [9.17, 15) is 0 Å². The highest BCUT2D eigenvalue weighted by Gasteiger charge is 2.06. The monoisotopic (exact) mass is 237 g/mol. The Morgan fingerprint density at radius 2 is 1.94 bits per heavy atom. The third-order valence-corrected chi connectivity index (χ3v) is 2.49. The van der Waals surface area contributed by atoms with Gasteiger partial charge in [-0.05, 0) is 25.6 Å². The topological polar surface area (TPSA) is 30.5 Å². The average Bonchev–Trinajstić information content (AvgIpc) is 2.36. The number of ether oxygens (including phenoxy) is 2. The Hall–Kier alpha value is -1.06. The van der Waals surface area contributed by atoms with Crippen LogP contribution in [-0.4, -0.2) is 32.9 Å². The molecule has 0 heterocycles. The zero-order chi connectivity index (χ0) is 12.3. The predicted octanol–water partition coefficient (Wildman–Crippen LogP) is 2.47. The van der Waals surface area contributed by atoms with Crippen molar-refractivity contribution in [3.63, 3.8) is 0 Å². The molecular formula is C14H23NO2. The summed E-state index contributed by atoms with van der Waals surface area (Å²) in [7, 11) is 1.95. The maximum atomic E-state index is 5.76. The van der Waals surface area contributed by atoms with E-state index in [1.54, 1.807) is 0 Å². The lowest BCUT2D eigenvalue weighted by Gasteiger charge is -2.16. The first-order chi connectivity index (χ1) is 8.36. The Morgan fingerprint density at radius 1 is 1.18 bits per heavy atom. The second-order valence-electron chi connectivity index (χ2n) is 4.00. The first-order valence-corrected chi connectivity index (χ1v) is 6.31. The number of hydrogen-bond acceptors (Lipinski definition) is 3.